The molecule has 1 saturated heterocycles. The maximum Gasteiger partial charge on any atom is 0.141 e. The molecule has 3 unspecified atom stereocenters. The Balaban J connectivity index is 2.22. The summed E-state index contributed by atoms with van der Waals surface area (Å²) in [5.74, 6) is 0.107. The average Bonchev–Trinajstić information content (AvgIpc) is 2.72. The molecule has 1 aromatic rings. The molecule has 1 aromatic heterocycles. The fraction of sp³-hybridized carbons (Fsp3) is 0.615. The molecule has 0 spiro atoms. The lowest BCUT2D eigenvalue weighted by molar-refractivity contribution is 0.0955. The highest BCUT2D eigenvalue weighted by Gasteiger charge is 2.32. The van der Waals surface area contributed by atoms with Gasteiger partial charge < -0.3 is 10.1 Å². The first-order valence-electron chi connectivity index (χ1n) is 6.17. The molecule has 0 saturated carbocycles. The molecule has 3 atom stereocenters. The van der Waals surface area contributed by atoms with Crippen molar-refractivity contribution in [3.63, 3.8) is 0 Å². The third-order valence-electron chi connectivity index (χ3n) is 3.37. The molecule has 1 aliphatic rings. The summed E-state index contributed by atoms with van der Waals surface area (Å²) in [6.07, 6.45) is 4.19. The Morgan fingerprint density at radius 1 is 1.59 bits per heavy atom. The van der Waals surface area contributed by atoms with E-state index in [-0.39, 0.29) is 18.0 Å². The van der Waals surface area contributed by atoms with Crippen molar-refractivity contribution in [1.82, 2.24) is 10.3 Å². The van der Waals surface area contributed by atoms with Crippen LogP contribution >= 0.6 is 0 Å². The molecule has 2 rings (SSSR count). The molecule has 0 bridgehead atoms. The smallest absolute Gasteiger partial charge is 0.141 e. The standard InChI is InChI=1S/C13H19FN2O/c1-3-16-13(12-4-5-17-9(12)2)10-6-11(14)8-15-7-10/h6-9,12-13,16H,3-5H2,1-2H3. The van der Waals surface area contributed by atoms with E-state index in [1.54, 1.807) is 12.3 Å². The van der Waals surface area contributed by atoms with Gasteiger partial charge in [-0.2, -0.15) is 0 Å². The number of halogens is 1. The molecular formula is C13H19FN2O. The van der Waals surface area contributed by atoms with E-state index in [4.69, 9.17) is 4.74 Å². The quantitative estimate of drug-likeness (QED) is 0.874. The first-order valence-corrected chi connectivity index (χ1v) is 6.17. The third-order valence-corrected chi connectivity index (χ3v) is 3.37. The zero-order valence-corrected chi connectivity index (χ0v) is 10.3. The van der Waals surface area contributed by atoms with E-state index in [2.05, 4.69) is 24.1 Å². The minimum Gasteiger partial charge on any atom is -0.378 e. The van der Waals surface area contributed by atoms with Crippen LogP contribution in [0, 0.1) is 11.7 Å². The van der Waals surface area contributed by atoms with Gasteiger partial charge in [-0.3, -0.25) is 4.98 Å². The molecule has 0 aromatic carbocycles. The predicted molar refractivity (Wildman–Crippen MR) is 64.1 cm³/mol. The minimum atomic E-state index is -0.281. The van der Waals surface area contributed by atoms with E-state index < -0.39 is 0 Å². The zero-order valence-electron chi connectivity index (χ0n) is 10.3. The van der Waals surface area contributed by atoms with Crippen molar-refractivity contribution in [2.75, 3.05) is 13.2 Å². The van der Waals surface area contributed by atoms with Crippen LogP contribution in [0.4, 0.5) is 4.39 Å². The van der Waals surface area contributed by atoms with E-state index in [0.717, 1.165) is 25.1 Å². The summed E-state index contributed by atoms with van der Waals surface area (Å²) < 4.78 is 18.8. The Bertz CT molecular complexity index is 372. The van der Waals surface area contributed by atoms with Gasteiger partial charge in [-0.25, -0.2) is 4.39 Å². The van der Waals surface area contributed by atoms with Gasteiger partial charge in [-0.15, -0.1) is 0 Å². The number of nitrogens with zero attached hydrogens (tertiary/aromatic N) is 1. The van der Waals surface area contributed by atoms with Crippen molar-refractivity contribution in [3.05, 3.63) is 29.8 Å². The van der Waals surface area contributed by atoms with Gasteiger partial charge in [0.1, 0.15) is 5.82 Å². The van der Waals surface area contributed by atoms with E-state index in [1.807, 2.05) is 0 Å². The van der Waals surface area contributed by atoms with Gasteiger partial charge in [-0.05, 0) is 31.5 Å². The van der Waals surface area contributed by atoms with Crippen LogP contribution in [0.2, 0.25) is 0 Å². The fourth-order valence-corrected chi connectivity index (χ4v) is 2.52. The van der Waals surface area contributed by atoms with Crippen molar-refractivity contribution in [2.24, 2.45) is 5.92 Å². The second kappa shape index (κ2) is 5.56. The van der Waals surface area contributed by atoms with Gasteiger partial charge >= 0.3 is 0 Å². The topological polar surface area (TPSA) is 34.2 Å². The molecular weight excluding hydrogens is 219 g/mol. The molecule has 3 nitrogen and oxygen atoms in total. The van der Waals surface area contributed by atoms with Gasteiger partial charge in [0.15, 0.2) is 0 Å². The summed E-state index contributed by atoms with van der Waals surface area (Å²) in [6, 6.07) is 1.69. The molecule has 1 aliphatic heterocycles. The minimum absolute atomic E-state index is 0.126. The highest BCUT2D eigenvalue weighted by molar-refractivity contribution is 5.17. The summed E-state index contributed by atoms with van der Waals surface area (Å²) in [4.78, 5) is 3.93. The average molecular weight is 238 g/mol. The van der Waals surface area contributed by atoms with E-state index in [0.29, 0.717) is 5.92 Å². The summed E-state index contributed by atoms with van der Waals surface area (Å²) in [7, 11) is 0. The van der Waals surface area contributed by atoms with Crippen LogP contribution in [0.3, 0.4) is 0 Å². The van der Waals surface area contributed by atoms with Gasteiger partial charge in [0.25, 0.3) is 0 Å². The van der Waals surface area contributed by atoms with Crippen molar-refractivity contribution in [1.29, 1.82) is 0 Å². The summed E-state index contributed by atoms with van der Waals surface area (Å²) in [5, 5.41) is 3.41. The maximum absolute atomic E-state index is 13.2. The number of ether oxygens (including phenoxy) is 1. The number of hydrogen-bond donors (Lipinski definition) is 1. The lowest BCUT2D eigenvalue weighted by atomic mass is 9.89. The molecule has 0 aliphatic carbocycles. The summed E-state index contributed by atoms with van der Waals surface area (Å²) >= 11 is 0. The van der Waals surface area contributed by atoms with E-state index in [1.165, 1.54) is 6.20 Å². The van der Waals surface area contributed by atoms with Crippen molar-refractivity contribution >= 4 is 0 Å². The van der Waals surface area contributed by atoms with Crippen LogP contribution in [-0.2, 0) is 4.74 Å². The normalized spacial score (nSPS) is 26.1. The van der Waals surface area contributed by atoms with Crippen LogP contribution in [0.5, 0.6) is 0 Å². The number of nitrogens with one attached hydrogen (secondary N) is 1. The van der Waals surface area contributed by atoms with E-state index in [9.17, 15) is 4.39 Å². The number of rotatable bonds is 4. The lowest BCUT2D eigenvalue weighted by Gasteiger charge is -2.26. The highest BCUT2D eigenvalue weighted by Crippen LogP contribution is 2.33. The van der Waals surface area contributed by atoms with Gasteiger partial charge in [0.05, 0.1) is 12.3 Å². The Morgan fingerprint density at radius 3 is 3.00 bits per heavy atom. The highest BCUT2D eigenvalue weighted by atomic mass is 19.1. The Morgan fingerprint density at radius 2 is 2.41 bits per heavy atom. The fourth-order valence-electron chi connectivity index (χ4n) is 2.52. The Kier molecular flexibility index (Phi) is 4.07. The first kappa shape index (κ1) is 12.5. The largest absolute Gasteiger partial charge is 0.378 e. The van der Waals surface area contributed by atoms with Crippen LogP contribution in [0.25, 0.3) is 0 Å². The van der Waals surface area contributed by atoms with Crippen molar-refractivity contribution in [2.45, 2.75) is 32.4 Å². The zero-order chi connectivity index (χ0) is 12.3. The number of pyridine rings is 1. The molecule has 94 valence electrons. The lowest BCUT2D eigenvalue weighted by Crippen LogP contribution is -2.32. The third kappa shape index (κ3) is 2.82. The molecule has 0 amide bonds. The molecule has 2 heterocycles. The SMILES string of the molecule is CCNC(c1cncc(F)c1)C1CCOC1C. The molecule has 1 N–H and O–H groups in total. The van der Waals surface area contributed by atoms with Crippen LogP contribution in [0.1, 0.15) is 31.9 Å². The predicted octanol–water partition coefficient (Wildman–Crippen LogP) is 2.30. The van der Waals surface area contributed by atoms with Crippen LogP contribution in [-0.4, -0.2) is 24.2 Å². The number of aromatic nitrogens is 1. The summed E-state index contributed by atoms with van der Waals surface area (Å²) in [6.45, 7) is 5.77. The first-order chi connectivity index (χ1) is 8.22. The van der Waals surface area contributed by atoms with Gasteiger partial charge in [0, 0.05) is 24.8 Å². The second-order valence-electron chi connectivity index (χ2n) is 4.50. The molecule has 4 heteroatoms. The molecule has 1 fully saturated rings. The van der Waals surface area contributed by atoms with Crippen LogP contribution in [0.15, 0.2) is 18.5 Å². The van der Waals surface area contributed by atoms with E-state index >= 15 is 0 Å². The Labute approximate surface area is 101 Å². The van der Waals surface area contributed by atoms with Crippen LogP contribution < -0.4 is 5.32 Å². The van der Waals surface area contributed by atoms with Crippen molar-refractivity contribution < 1.29 is 9.13 Å². The molecule has 0 radical (unpaired) electrons. The van der Waals surface area contributed by atoms with Crippen molar-refractivity contribution in [3.8, 4) is 0 Å². The summed E-state index contributed by atoms with van der Waals surface area (Å²) in [5.41, 5.74) is 0.911. The van der Waals surface area contributed by atoms with Gasteiger partial charge in [0.2, 0.25) is 0 Å². The molecule has 17 heavy (non-hydrogen) atoms. The second-order valence-corrected chi connectivity index (χ2v) is 4.50. The Hall–Kier alpha value is -1.00. The maximum atomic E-state index is 13.2. The monoisotopic (exact) mass is 238 g/mol. The number of hydrogen-bond acceptors (Lipinski definition) is 3. The van der Waals surface area contributed by atoms with Gasteiger partial charge in [-0.1, -0.05) is 6.92 Å².